The van der Waals surface area contributed by atoms with Crippen molar-refractivity contribution in [3.05, 3.63) is 24.3 Å². The van der Waals surface area contributed by atoms with Crippen LogP contribution in [0.15, 0.2) is 38.8 Å². The van der Waals surface area contributed by atoms with Crippen LogP contribution in [0.5, 0.6) is 0 Å². The second-order valence-electron chi connectivity index (χ2n) is 2.12. The molecule has 0 saturated carbocycles. The van der Waals surface area contributed by atoms with Crippen LogP contribution in [0.3, 0.4) is 0 Å². The van der Waals surface area contributed by atoms with Gasteiger partial charge >= 0.3 is 10.0 Å². The third-order valence-electron chi connectivity index (χ3n) is 1.40. The molecule has 0 amide bonds. The molecule has 4 nitrogen and oxygen atoms in total. The fourth-order valence-corrected chi connectivity index (χ4v) is 1.81. The predicted octanol–water partition coefficient (Wildman–Crippen LogP) is 1.47. The molecule has 0 unspecified atom stereocenters. The Kier molecular flexibility index (Phi) is 1.11. The molecule has 56 valence electrons. The molecule has 1 heterocycles. The Hall–Kier alpha value is -1.23. The summed E-state index contributed by atoms with van der Waals surface area (Å²) in [5.74, 6) is 0. The van der Waals surface area contributed by atoms with Gasteiger partial charge in [-0.15, -0.1) is 5.11 Å². The molecular formula is C6H4N2O2S. The van der Waals surface area contributed by atoms with Gasteiger partial charge < -0.3 is 0 Å². The van der Waals surface area contributed by atoms with Crippen molar-refractivity contribution in [1.29, 1.82) is 0 Å². The molecule has 0 N–H and O–H groups in total. The van der Waals surface area contributed by atoms with Gasteiger partial charge in [0, 0.05) is 0 Å². The van der Waals surface area contributed by atoms with Crippen molar-refractivity contribution in [2.45, 2.75) is 4.90 Å². The average molecular weight is 168 g/mol. The predicted molar refractivity (Wildman–Crippen MR) is 38.1 cm³/mol. The zero-order valence-electron chi connectivity index (χ0n) is 5.43. The molecule has 0 aliphatic carbocycles. The lowest BCUT2D eigenvalue weighted by molar-refractivity contribution is 0.599. The fourth-order valence-electron chi connectivity index (χ4n) is 0.900. The van der Waals surface area contributed by atoms with Crippen molar-refractivity contribution in [3.63, 3.8) is 0 Å². The molecule has 5 heteroatoms. The van der Waals surface area contributed by atoms with Crippen LogP contribution in [0.2, 0.25) is 0 Å². The first-order valence-electron chi connectivity index (χ1n) is 2.97. The van der Waals surface area contributed by atoms with Crippen LogP contribution in [0, 0.1) is 0 Å². The normalized spacial score (nSPS) is 18.2. The molecule has 11 heavy (non-hydrogen) atoms. The van der Waals surface area contributed by atoms with Crippen LogP contribution in [0.4, 0.5) is 5.69 Å². The van der Waals surface area contributed by atoms with E-state index in [9.17, 15) is 8.42 Å². The summed E-state index contributed by atoms with van der Waals surface area (Å²) in [4.78, 5) is 0.194. The zero-order valence-corrected chi connectivity index (χ0v) is 6.25. The lowest BCUT2D eigenvalue weighted by Crippen LogP contribution is -1.89. The van der Waals surface area contributed by atoms with E-state index in [0.717, 1.165) is 0 Å². The molecule has 0 aromatic heterocycles. The largest absolute Gasteiger partial charge is 0.301 e. The quantitative estimate of drug-likeness (QED) is 0.589. The van der Waals surface area contributed by atoms with Gasteiger partial charge in [0.1, 0.15) is 10.6 Å². The number of fused-ring (bicyclic) bond motifs is 1. The van der Waals surface area contributed by atoms with Gasteiger partial charge in [0.2, 0.25) is 0 Å². The van der Waals surface area contributed by atoms with Crippen LogP contribution in [0.1, 0.15) is 0 Å². The number of rotatable bonds is 0. The summed E-state index contributed by atoms with van der Waals surface area (Å²) in [5.41, 5.74) is 0.424. The van der Waals surface area contributed by atoms with Gasteiger partial charge in [-0.1, -0.05) is 16.7 Å². The Morgan fingerprint density at radius 1 is 1.18 bits per heavy atom. The molecule has 1 aliphatic heterocycles. The summed E-state index contributed by atoms with van der Waals surface area (Å²) >= 11 is 0. The topological polar surface area (TPSA) is 58.9 Å². The third-order valence-corrected chi connectivity index (χ3v) is 2.60. The number of hydrogen-bond donors (Lipinski definition) is 0. The standard InChI is InChI=1S/C6H4N2O2S/c9-11(10)6-4-2-1-3-5(6)7-8-11/h1-4H. The van der Waals surface area contributed by atoms with E-state index in [0.29, 0.717) is 5.69 Å². The zero-order chi connectivity index (χ0) is 7.90. The first-order valence-corrected chi connectivity index (χ1v) is 4.41. The van der Waals surface area contributed by atoms with Crippen molar-refractivity contribution in [2.75, 3.05) is 0 Å². The SMILES string of the molecule is O=S1(=O)N=Nc2ccccc21. The van der Waals surface area contributed by atoms with Crippen molar-refractivity contribution in [3.8, 4) is 0 Å². The third kappa shape index (κ3) is 0.848. The highest BCUT2D eigenvalue weighted by Gasteiger charge is 2.22. The highest BCUT2D eigenvalue weighted by molar-refractivity contribution is 7.90. The summed E-state index contributed by atoms with van der Waals surface area (Å²) < 4.78 is 25.1. The molecule has 0 saturated heterocycles. The molecule has 0 bridgehead atoms. The molecule has 1 aliphatic rings. The summed E-state index contributed by atoms with van der Waals surface area (Å²) in [6, 6.07) is 6.47. The summed E-state index contributed by atoms with van der Waals surface area (Å²) in [5, 5.41) is 3.49. The van der Waals surface area contributed by atoms with Crippen molar-refractivity contribution >= 4 is 15.7 Å². The monoisotopic (exact) mass is 168 g/mol. The maximum atomic E-state index is 11.0. The van der Waals surface area contributed by atoms with E-state index in [-0.39, 0.29) is 4.90 Å². The molecule has 0 fully saturated rings. The van der Waals surface area contributed by atoms with Gasteiger partial charge in [0.05, 0.1) is 0 Å². The Labute approximate surface area is 63.6 Å². The Morgan fingerprint density at radius 2 is 1.91 bits per heavy atom. The smallest absolute Gasteiger partial charge is 0.198 e. The first-order chi connectivity index (χ1) is 5.20. The van der Waals surface area contributed by atoms with Crippen LogP contribution in [0.25, 0.3) is 0 Å². The van der Waals surface area contributed by atoms with Gasteiger partial charge in [-0.3, -0.25) is 0 Å². The molecule has 0 spiro atoms. The summed E-state index contributed by atoms with van der Waals surface area (Å²) in [6.07, 6.45) is 0. The minimum absolute atomic E-state index is 0.194. The maximum Gasteiger partial charge on any atom is 0.301 e. The van der Waals surface area contributed by atoms with Crippen molar-refractivity contribution in [2.24, 2.45) is 9.63 Å². The lowest BCUT2D eigenvalue weighted by atomic mass is 10.3. The first kappa shape index (κ1) is 6.48. The number of benzene rings is 1. The minimum atomic E-state index is -3.45. The van der Waals surface area contributed by atoms with E-state index in [4.69, 9.17) is 0 Å². The number of hydrogen-bond acceptors (Lipinski definition) is 3. The Morgan fingerprint density at radius 3 is 2.64 bits per heavy atom. The molecule has 0 radical (unpaired) electrons. The Bertz CT molecular complexity index is 422. The van der Waals surface area contributed by atoms with E-state index in [1.54, 1.807) is 18.2 Å². The minimum Gasteiger partial charge on any atom is -0.198 e. The highest BCUT2D eigenvalue weighted by atomic mass is 32.2. The van der Waals surface area contributed by atoms with E-state index in [1.807, 2.05) is 0 Å². The van der Waals surface area contributed by atoms with E-state index >= 15 is 0 Å². The van der Waals surface area contributed by atoms with Gasteiger partial charge in [0.25, 0.3) is 0 Å². The molecule has 2 rings (SSSR count). The van der Waals surface area contributed by atoms with Gasteiger partial charge in [-0.2, -0.15) is 8.42 Å². The van der Waals surface area contributed by atoms with Gasteiger partial charge in [-0.05, 0) is 12.1 Å². The molecular weight excluding hydrogens is 164 g/mol. The van der Waals surface area contributed by atoms with Crippen LogP contribution in [-0.2, 0) is 10.0 Å². The lowest BCUT2D eigenvalue weighted by Gasteiger charge is -1.89. The van der Waals surface area contributed by atoms with E-state index < -0.39 is 10.0 Å². The maximum absolute atomic E-state index is 11.0. The van der Waals surface area contributed by atoms with Crippen LogP contribution < -0.4 is 0 Å². The molecule has 1 aromatic carbocycles. The van der Waals surface area contributed by atoms with E-state index in [1.165, 1.54) is 6.07 Å². The number of nitrogens with zero attached hydrogens (tertiary/aromatic N) is 2. The highest BCUT2D eigenvalue weighted by Crippen LogP contribution is 2.31. The van der Waals surface area contributed by atoms with Crippen molar-refractivity contribution < 1.29 is 8.42 Å². The second kappa shape index (κ2) is 1.88. The molecule has 1 aromatic rings. The molecule has 0 atom stereocenters. The summed E-state index contributed by atoms with van der Waals surface area (Å²) in [7, 11) is -3.45. The van der Waals surface area contributed by atoms with Gasteiger partial charge in [0.15, 0.2) is 0 Å². The van der Waals surface area contributed by atoms with Crippen molar-refractivity contribution in [1.82, 2.24) is 0 Å². The average Bonchev–Trinajstić information content (AvgIpc) is 2.29. The Balaban J connectivity index is 2.84. The number of sulfonamides is 1. The van der Waals surface area contributed by atoms with Gasteiger partial charge in [-0.25, -0.2) is 0 Å². The van der Waals surface area contributed by atoms with Crippen LogP contribution in [-0.4, -0.2) is 8.42 Å². The van der Waals surface area contributed by atoms with Crippen LogP contribution >= 0.6 is 0 Å². The second-order valence-corrected chi connectivity index (χ2v) is 3.68. The van der Waals surface area contributed by atoms with E-state index in [2.05, 4.69) is 9.63 Å². The summed E-state index contributed by atoms with van der Waals surface area (Å²) in [6.45, 7) is 0. The fraction of sp³-hybridized carbons (Fsp3) is 0.